The molecule has 0 saturated heterocycles. The van der Waals surface area contributed by atoms with Crippen LogP contribution in [-0.2, 0) is 10.0 Å². The van der Waals surface area contributed by atoms with Gasteiger partial charge in [0.2, 0.25) is 10.0 Å². The molecule has 0 aliphatic heterocycles. The maximum Gasteiger partial charge on any atom is 0.356 e. The quantitative estimate of drug-likeness (QED) is 0.539. The van der Waals surface area contributed by atoms with Crippen LogP contribution in [-0.4, -0.2) is 54.7 Å². The smallest absolute Gasteiger partial charge is 0.356 e. The topological polar surface area (TPSA) is 138 Å². The van der Waals surface area contributed by atoms with Crippen LogP contribution in [0.5, 0.6) is 0 Å². The van der Waals surface area contributed by atoms with E-state index in [2.05, 4.69) is 20.0 Å². The van der Waals surface area contributed by atoms with Crippen LogP contribution in [0, 0.1) is 0 Å². The summed E-state index contributed by atoms with van der Waals surface area (Å²) in [5.74, 6) is -1.81. The summed E-state index contributed by atoms with van der Waals surface area (Å²) in [5.41, 5.74) is -0.320. The van der Waals surface area contributed by atoms with Crippen molar-refractivity contribution in [2.45, 2.75) is 0 Å². The molecule has 0 spiro atoms. The number of carboxylic acid groups (broad SMARTS) is 1. The van der Waals surface area contributed by atoms with Crippen LogP contribution in [0.4, 0.5) is 0 Å². The van der Waals surface area contributed by atoms with Crippen molar-refractivity contribution in [2.24, 2.45) is 0 Å². The zero-order valence-corrected chi connectivity index (χ0v) is 10.8. The van der Waals surface area contributed by atoms with E-state index in [1.807, 2.05) is 0 Å². The lowest BCUT2D eigenvalue weighted by atomic mass is 10.4. The third-order valence-corrected chi connectivity index (χ3v) is 2.61. The van der Waals surface area contributed by atoms with Gasteiger partial charge in [-0.05, 0) is 0 Å². The molecule has 0 saturated carbocycles. The molecular formula is C9H12N4O5S. The predicted octanol–water partition coefficient (Wildman–Crippen LogP) is -1.55. The molecule has 0 aliphatic rings. The predicted molar refractivity (Wildman–Crippen MR) is 64.2 cm³/mol. The van der Waals surface area contributed by atoms with Gasteiger partial charge in [0.05, 0.1) is 18.6 Å². The second-order valence-corrected chi connectivity index (χ2v) is 5.35. The first-order valence-corrected chi connectivity index (χ1v) is 6.97. The molecule has 10 heteroatoms. The third kappa shape index (κ3) is 5.40. The van der Waals surface area contributed by atoms with Gasteiger partial charge in [-0.15, -0.1) is 0 Å². The Morgan fingerprint density at radius 1 is 1.21 bits per heavy atom. The Bertz CT molecular complexity index is 569. The summed E-state index contributed by atoms with van der Waals surface area (Å²) in [7, 11) is -3.30. The molecule has 1 heterocycles. The van der Waals surface area contributed by atoms with Crippen molar-refractivity contribution in [2.75, 3.05) is 19.3 Å². The Morgan fingerprint density at radius 2 is 1.79 bits per heavy atom. The maximum absolute atomic E-state index is 11.5. The van der Waals surface area contributed by atoms with Crippen molar-refractivity contribution in [1.82, 2.24) is 20.0 Å². The number of amides is 1. The van der Waals surface area contributed by atoms with Crippen LogP contribution < -0.4 is 10.0 Å². The normalized spacial score (nSPS) is 11.0. The first kappa shape index (κ1) is 15.0. The van der Waals surface area contributed by atoms with Gasteiger partial charge in [0.1, 0.15) is 5.69 Å². The minimum atomic E-state index is -3.30. The van der Waals surface area contributed by atoms with Crippen LogP contribution in [0.3, 0.4) is 0 Å². The van der Waals surface area contributed by atoms with Gasteiger partial charge >= 0.3 is 5.97 Å². The number of sulfonamides is 1. The van der Waals surface area contributed by atoms with Crippen molar-refractivity contribution in [1.29, 1.82) is 0 Å². The number of carboxylic acids is 1. The molecule has 3 N–H and O–H groups in total. The summed E-state index contributed by atoms with van der Waals surface area (Å²) < 4.78 is 23.7. The Kier molecular flexibility index (Phi) is 4.89. The Labute approximate surface area is 109 Å². The van der Waals surface area contributed by atoms with Crippen LogP contribution in [0.25, 0.3) is 0 Å². The lowest BCUT2D eigenvalue weighted by molar-refractivity contribution is 0.0689. The van der Waals surface area contributed by atoms with E-state index >= 15 is 0 Å². The summed E-state index contributed by atoms with van der Waals surface area (Å²) in [6.07, 6.45) is 3.00. The van der Waals surface area contributed by atoms with Crippen molar-refractivity contribution in [3.63, 3.8) is 0 Å². The Hall–Kier alpha value is -2.07. The number of carbonyl (C=O) groups is 2. The lowest BCUT2D eigenvalue weighted by Crippen LogP contribution is -2.34. The number of rotatable bonds is 6. The molecule has 1 rings (SSSR count). The van der Waals surface area contributed by atoms with E-state index < -0.39 is 21.9 Å². The first-order valence-electron chi connectivity index (χ1n) is 5.08. The van der Waals surface area contributed by atoms with E-state index in [1.165, 1.54) is 0 Å². The van der Waals surface area contributed by atoms with Crippen LogP contribution in [0.2, 0.25) is 0 Å². The van der Waals surface area contributed by atoms with Crippen LogP contribution in [0.15, 0.2) is 12.4 Å². The second-order valence-electron chi connectivity index (χ2n) is 3.51. The molecule has 0 bridgehead atoms. The molecule has 0 aromatic carbocycles. The number of nitrogens with one attached hydrogen (secondary N) is 2. The van der Waals surface area contributed by atoms with E-state index in [-0.39, 0.29) is 24.5 Å². The molecule has 104 valence electrons. The molecule has 9 nitrogen and oxygen atoms in total. The molecule has 19 heavy (non-hydrogen) atoms. The zero-order valence-electron chi connectivity index (χ0n) is 9.95. The highest BCUT2D eigenvalue weighted by Gasteiger charge is 2.10. The zero-order chi connectivity index (χ0) is 14.5. The van der Waals surface area contributed by atoms with Crippen molar-refractivity contribution < 1.29 is 23.1 Å². The highest BCUT2D eigenvalue weighted by atomic mass is 32.2. The summed E-state index contributed by atoms with van der Waals surface area (Å²) in [5, 5.41) is 11.0. The molecule has 0 fully saturated rings. The average Bonchev–Trinajstić information content (AvgIpc) is 2.33. The van der Waals surface area contributed by atoms with Gasteiger partial charge in [0.25, 0.3) is 5.91 Å². The highest BCUT2D eigenvalue weighted by Crippen LogP contribution is 1.95. The Morgan fingerprint density at radius 3 is 2.26 bits per heavy atom. The number of aromatic nitrogens is 2. The summed E-state index contributed by atoms with van der Waals surface area (Å²) in [6, 6.07) is 0. The van der Waals surface area contributed by atoms with E-state index in [0.29, 0.717) is 0 Å². The average molecular weight is 288 g/mol. The molecular weight excluding hydrogens is 276 g/mol. The Balaban J connectivity index is 2.48. The molecule has 0 radical (unpaired) electrons. The van der Waals surface area contributed by atoms with E-state index in [0.717, 1.165) is 18.6 Å². The second kappa shape index (κ2) is 6.20. The molecule has 0 aliphatic carbocycles. The minimum absolute atomic E-state index is 0.0468. The third-order valence-electron chi connectivity index (χ3n) is 1.88. The van der Waals surface area contributed by atoms with Crippen molar-refractivity contribution >= 4 is 21.9 Å². The van der Waals surface area contributed by atoms with Gasteiger partial charge < -0.3 is 10.4 Å². The van der Waals surface area contributed by atoms with E-state index in [9.17, 15) is 18.0 Å². The van der Waals surface area contributed by atoms with Crippen LogP contribution >= 0.6 is 0 Å². The minimum Gasteiger partial charge on any atom is -0.476 e. The van der Waals surface area contributed by atoms with Gasteiger partial charge in [0.15, 0.2) is 5.69 Å². The fourth-order valence-electron chi connectivity index (χ4n) is 1.06. The molecule has 0 atom stereocenters. The standard InChI is InChI=1S/C9H12N4O5S/c1-19(17,18)13-3-2-10-8(14)6-4-12-7(5-11-6)9(15)16/h4-5,13H,2-3H2,1H3,(H,10,14)(H,15,16). The number of aromatic carboxylic acids is 1. The largest absolute Gasteiger partial charge is 0.476 e. The fourth-order valence-corrected chi connectivity index (χ4v) is 1.53. The highest BCUT2D eigenvalue weighted by molar-refractivity contribution is 7.88. The summed E-state index contributed by atoms with van der Waals surface area (Å²) >= 11 is 0. The van der Waals surface area contributed by atoms with Gasteiger partial charge in [0, 0.05) is 13.1 Å². The number of carbonyl (C=O) groups excluding carboxylic acids is 1. The summed E-state index contributed by atoms with van der Waals surface area (Å²) in [4.78, 5) is 29.2. The first-order chi connectivity index (χ1) is 8.79. The number of hydrogen-bond acceptors (Lipinski definition) is 6. The monoisotopic (exact) mass is 288 g/mol. The maximum atomic E-state index is 11.5. The van der Waals surface area contributed by atoms with E-state index in [4.69, 9.17) is 5.11 Å². The van der Waals surface area contributed by atoms with Gasteiger partial charge in [-0.3, -0.25) is 4.79 Å². The van der Waals surface area contributed by atoms with Gasteiger partial charge in [-0.2, -0.15) is 0 Å². The van der Waals surface area contributed by atoms with Crippen molar-refractivity contribution in [3.8, 4) is 0 Å². The summed E-state index contributed by atoms with van der Waals surface area (Å²) in [6.45, 7) is 0.124. The fraction of sp³-hybridized carbons (Fsp3) is 0.333. The molecule has 1 amide bonds. The van der Waals surface area contributed by atoms with E-state index in [1.54, 1.807) is 0 Å². The van der Waals surface area contributed by atoms with Crippen LogP contribution in [0.1, 0.15) is 21.0 Å². The van der Waals surface area contributed by atoms with Crippen molar-refractivity contribution in [3.05, 3.63) is 23.8 Å². The van der Waals surface area contributed by atoms with Gasteiger partial charge in [-0.1, -0.05) is 0 Å². The number of hydrogen-bond donors (Lipinski definition) is 3. The molecule has 1 aromatic rings. The molecule has 0 unspecified atom stereocenters. The number of nitrogens with zero attached hydrogens (tertiary/aromatic N) is 2. The SMILES string of the molecule is CS(=O)(=O)NCCNC(=O)c1cnc(C(=O)O)cn1. The van der Waals surface area contributed by atoms with Gasteiger partial charge in [-0.25, -0.2) is 27.9 Å². The molecule has 1 aromatic heterocycles. The lowest BCUT2D eigenvalue weighted by Gasteiger charge is -2.05.